The molecule has 4 nitrogen and oxygen atoms in total. The number of nitriles is 2. The number of hydrogen-bond donors (Lipinski definition) is 0. The van der Waals surface area contributed by atoms with E-state index in [2.05, 4.69) is 25.9 Å². The molecular formula is C24H9BrF8N4. The topological polar surface area (TPSA) is 73.4 Å². The van der Waals surface area contributed by atoms with Gasteiger partial charge >= 0.3 is 0 Å². The Labute approximate surface area is 212 Å². The van der Waals surface area contributed by atoms with E-state index in [9.17, 15) is 35.1 Å². The highest BCUT2D eigenvalue weighted by Crippen LogP contribution is 2.31. The van der Waals surface area contributed by atoms with E-state index in [1.165, 1.54) is 18.3 Å². The third-order valence-corrected chi connectivity index (χ3v) is 4.64. The molecule has 0 radical (unpaired) electrons. The van der Waals surface area contributed by atoms with Crippen molar-refractivity contribution < 1.29 is 35.1 Å². The second-order valence-corrected chi connectivity index (χ2v) is 7.40. The van der Waals surface area contributed by atoms with Gasteiger partial charge in [-0.05, 0) is 34.1 Å². The summed E-state index contributed by atoms with van der Waals surface area (Å²) in [5, 5.41) is 16.5. The number of pyridine rings is 2. The maximum absolute atomic E-state index is 13.6. The lowest BCUT2D eigenvalue weighted by atomic mass is 10.0. The molecule has 0 saturated carbocycles. The van der Waals surface area contributed by atoms with Gasteiger partial charge in [0.25, 0.3) is 0 Å². The predicted molar refractivity (Wildman–Crippen MR) is 117 cm³/mol. The van der Waals surface area contributed by atoms with Crippen molar-refractivity contribution in [2.24, 2.45) is 0 Å². The first-order valence-electron chi connectivity index (χ1n) is 9.50. The molecule has 37 heavy (non-hydrogen) atoms. The van der Waals surface area contributed by atoms with Crippen LogP contribution in [0.5, 0.6) is 0 Å². The summed E-state index contributed by atoms with van der Waals surface area (Å²) in [6.07, 6.45) is 5.90. The van der Waals surface area contributed by atoms with E-state index in [0.717, 1.165) is 22.8 Å². The zero-order valence-corrected chi connectivity index (χ0v) is 19.5. The van der Waals surface area contributed by atoms with Gasteiger partial charge in [-0.25, -0.2) is 35.1 Å². The molecule has 2 heterocycles. The fraction of sp³-hybridized carbons (Fsp3) is 0. The lowest BCUT2D eigenvalue weighted by Gasteiger charge is -2.08. The molecular weight excluding hydrogens is 576 g/mol. The van der Waals surface area contributed by atoms with Gasteiger partial charge in [0.15, 0.2) is 46.5 Å². The minimum atomic E-state index is -1.71. The molecule has 4 rings (SSSR count). The number of benzene rings is 2. The Morgan fingerprint density at radius 1 is 0.622 bits per heavy atom. The van der Waals surface area contributed by atoms with Gasteiger partial charge in [0.2, 0.25) is 0 Å². The molecule has 0 bridgehead atoms. The summed E-state index contributed by atoms with van der Waals surface area (Å²) in [6.45, 7) is 0. The Morgan fingerprint density at radius 2 is 1.08 bits per heavy atom. The van der Waals surface area contributed by atoms with Crippen LogP contribution in [-0.4, -0.2) is 9.97 Å². The normalized spacial score (nSPS) is 9.70. The third-order valence-electron chi connectivity index (χ3n) is 4.17. The van der Waals surface area contributed by atoms with Crippen molar-refractivity contribution in [3.8, 4) is 23.3 Å². The fourth-order valence-corrected chi connectivity index (χ4v) is 2.78. The largest absolute Gasteiger partial charge is 0.264 e. The van der Waals surface area contributed by atoms with Gasteiger partial charge in [-0.3, -0.25) is 9.97 Å². The molecule has 2 aromatic carbocycles. The average molecular weight is 585 g/mol. The van der Waals surface area contributed by atoms with E-state index >= 15 is 0 Å². The Hall–Kier alpha value is -4.36. The molecule has 188 valence electrons. The van der Waals surface area contributed by atoms with Gasteiger partial charge in [0.05, 0.1) is 5.56 Å². The van der Waals surface area contributed by atoms with Crippen LogP contribution in [-0.2, 0) is 0 Å². The van der Waals surface area contributed by atoms with Gasteiger partial charge in [0, 0.05) is 40.9 Å². The minimum absolute atomic E-state index is 0.0471. The molecule has 4 aromatic rings. The third kappa shape index (κ3) is 6.86. The fourth-order valence-electron chi connectivity index (χ4n) is 2.51. The second kappa shape index (κ2) is 13.1. The molecule has 0 fully saturated rings. The summed E-state index contributed by atoms with van der Waals surface area (Å²) < 4.78 is 104. The van der Waals surface area contributed by atoms with Crippen LogP contribution >= 0.6 is 15.9 Å². The first-order chi connectivity index (χ1) is 17.5. The summed E-state index contributed by atoms with van der Waals surface area (Å²) in [7, 11) is 0. The van der Waals surface area contributed by atoms with Gasteiger partial charge in [-0.2, -0.15) is 10.5 Å². The van der Waals surface area contributed by atoms with Crippen molar-refractivity contribution in [3.05, 3.63) is 117 Å². The van der Waals surface area contributed by atoms with Crippen LogP contribution < -0.4 is 0 Å². The highest BCUT2D eigenvalue weighted by atomic mass is 79.9. The van der Waals surface area contributed by atoms with E-state index < -0.39 is 63.2 Å². The summed E-state index contributed by atoms with van der Waals surface area (Å²) in [5.41, 5.74) is -3.52. The van der Waals surface area contributed by atoms with Crippen molar-refractivity contribution in [2.75, 3.05) is 0 Å². The van der Waals surface area contributed by atoms with Gasteiger partial charge < -0.3 is 0 Å². The summed E-state index contributed by atoms with van der Waals surface area (Å²) in [6, 6.07) is 8.57. The van der Waals surface area contributed by atoms with Crippen molar-refractivity contribution >= 4 is 15.9 Å². The van der Waals surface area contributed by atoms with Crippen LogP contribution in [0.1, 0.15) is 11.1 Å². The van der Waals surface area contributed by atoms with Gasteiger partial charge in [-0.1, -0.05) is 6.07 Å². The quantitative estimate of drug-likeness (QED) is 0.176. The molecule has 13 heteroatoms. The molecule has 0 aliphatic carbocycles. The van der Waals surface area contributed by atoms with E-state index in [-0.39, 0.29) is 11.6 Å². The number of rotatable bonds is 1. The minimum Gasteiger partial charge on any atom is -0.264 e. The average Bonchev–Trinajstić information content (AvgIpc) is 2.89. The lowest BCUT2D eigenvalue weighted by molar-refractivity contribution is 0.450. The zero-order valence-electron chi connectivity index (χ0n) is 17.9. The molecule has 0 aliphatic rings. The Balaban J connectivity index is 0.000000217. The van der Waals surface area contributed by atoms with Crippen LogP contribution in [0.2, 0.25) is 0 Å². The number of hydrogen-bond acceptors (Lipinski definition) is 4. The standard InChI is InChI=1S/C12H4F4N2.C7HF4N.C5H4BrN/c13-9-7(4-17)10(14)12(16)8(11(9)15)6-2-1-3-18-5-6;8-4-1-5(9)7(11)3(2-12)6(4)10;6-5-2-1-3-7-4-5/h1-3,5H;1H;1-4H. The highest BCUT2D eigenvalue weighted by molar-refractivity contribution is 9.10. The van der Waals surface area contributed by atoms with Crippen molar-refractivity contribution in [1.82, 2.24) is 9.97 Å². The first kappa shape index (κ1) is 28.9. The molecule has 0 aliphatic heterocycles. The zero-order chi connectivity index (χ0) is 27.7. The second-order valence-electron chi connectivity index (χ2n) is 6.49. The van der Waals surface area contributed by atoms with Crippen LogP contribution in [0.3, 0.4) is 0 Å². The summed E-state index contributed by atoms with van der Waals surface area (Å²) >= 11 is 3.25. The summed E-state index contributed by atoms with van der Waals surface area (Å²) in [4.78, 5) is 7.44. The number of nitrogens with zero attached hydrogens (tertiary/aromatic N) is 4. The molecule has 0 spiro atoms. The Morgan fingerprint density at radius 3 is 1.43 bits per heavy atom. The lowest BCUT2D eigenvalue weighted by Crippen LogP contribution is -2.03. The smallest absolute Gasteiger partial charge is 0.180 e. The molecule has 0 unspecified atom stereocenters. The van der Waals surface area contributed by atoms with E-state index in [1.807, 2.05) is 12.1 Å². The monoisotopic (exact) mass is 584 g/mol. The predicted octanol–water partition coefficient (Wildman–Crippen LogP) is 7.14. The van der Waals surface area contributed by atoms with E-state index in [0.29, 0.717) is 0 Å². The SMILES string of the molecule is Brc1cccnc1.N#Cc1c(F)c(F)c(-c2cccnc2)c(F)c1F.N#Cc1c(F)c(F)cc(F)c1F. The molecule has 0 N–H and O–H groups in total. The van der Waals surface area contributed by atoms with Crippen LogP contribution in [0.15, 0.2) is 59.6 Å². The molecule has 0 saturated heterocycles. The Kier molecular flexibility index (Phi) is 10.2. The Bertz CT molecular complexity index is 1430. The first-order valence-corrected chi connectivity index (χ1v) is 10.3. The van der Waals surface area contributed by atoms with E-state index in [1.54, 1.807) is 12.4 Å². The molecule has 0 amide bonds. The maximum Gasteiger partial charge on any atom is 0.180 e. The summed E-state index contributed by atoms with van der Waals surface area (Å²) in [5.74, 6) is -13.1. The van der Waals surface area contributed by atoms with E-state index in [4.69, 9.17) is 10.5 Å². The van der Waals surface area contributed by atoms with Crippen LogP contribution in [0.25, 0.3) is 11.1 Å². The van der Waals surface area contributed by atoms with Crippen molar-refractivity contribution in [3.63, 3.8) is 0 Å². The van der Waals surface area contributed by atoms with Crippen molar-refractivity contribution in [1.29, 1.82) is 10.5 Å². The van der Waals surface area contributed by atoms with Gasteiger partial charge in [-0.15, -0.1) is 0 Å². The number of halogens is 9. The van der Waals surface area contributed by atoms with Crippen LogP contribution in [0, 0.1) is 69.2 Å². The highest BCUT2D eigenvalue weighted by Gasteiger charge is 2.26. The number of aromatic nitrogens is 2. The molecule has 2 aromatic heterocycles. The molecule has 0 atom stereocenters. The van der Waals surface area contributed by atoms with Crippen LogP contribution in [0.4, 0.5) is 35.1 Å². The van der Waals surface area contributed by atoms with Crippen molar-refractivity contribution in [2.45, 2.75) is 0 Å². The maximum atomic E-state index is 13.6. The van der Waals surface area contributed by atoms with Gasteiger partial charge in [0.1, 0.15) is 23.3 Å².